The lowest BCUT2D eigenvalue weighted by atomic mass is 10.00. The molecule has 2 aromatic rings. The Labute approximate surface area is 197 Å². The molecule has 1 aromatic carbocycles. The van der Waals surface area contributed by atoms with E-state index in [9.17, 15) is 9.59 Å². The lowest BCUT2D eigenvalue weighted by Gasteiger charge is -2.37. The molecule has 0 radical (unpaired) electrons. The van der Waals surface area contributed by atoms with Crippen LogP contribution in [0.2, 0.25) is 0 Å². The van der Waals surface area contributed by atoms with Gasteiger partial charge in [0.25, 0.3) is 0 Å². The summed E-state index contributed by atoms with van der Waals surface area (Å²) < 4.78 is 0. The van der Waals surface area contributed by atoms with Crippen LogP contribution in [0.3, 0.4) is 0 Å². The van der Waals surface area contributed by atoms with Gasteiger partial charge in [-0.1, -0.05) is 32.0 Å². The average molecular weight is 449 g/mol. The van der Waals surface area contributed by atoms with Gasteiger partial charge in [0, 0.05) is 69.7 Å². The van der Waals surface area contributed by atoms with Crippen LogP contribution >= 0.6 is 0 Å². The Morgan fingerprint density at radius 1 is 1.15 bits per heavy atom. The van der Waals surface area contributed by atoms with E-state index in [4.69, 9.17) is 0 Å². The van der Waals surface area contributed by atoms with Crippen molar-refractivity contribution in [2.45, 2.75) is 51.5 Å². The van der Waals surface area contributed by atoms with Crippen LogP contribution in [0.5, 0.6) is 0 Å². The summed E-state index contributed by atoms with van der Waals surface area (Å²) in [5, 5.41) is 0. The zero-order chi connectivity index (χ0) is 23.4. The molecule has 0 saturated carbocycles. The Bertz CT molecular complexity index is 954. The molecule has 3 heterocycles. The first-order valence-electron chi connectivity index (χ1n) is 12.2. The summed E-state index contributed by atoms with van der Waals surface area (Å²) in [6.45, 7) is 7.77. The smallest absolute Gasteiger partial charge is 0.228 e. The standard InChI is InChI=1S/C27H36N4O2/c1-20(2)21-7-6-9-25(17-21)31-19-22(18-26(31)32)27(33)29(3)24-11-15-30(16-12-24)14-10-23-8-4-5-13-28-23/h4-9,13,17,20,22,24H,10-12,14-16,18-19H2,1-3H3. The number of rotatable bonds is 7. The number of hydrogen-bond acceptors (Lipinski definition) is 4. The molecule has 176 valence electrons. The Morgan fingerprint density at radius 2 is 1.94 bits per heavy atom. The molecule has 0 spiro atoms. The Kier molecular flexibility index (Phi) is 7.43. The molecular formula is C27H36N4O2. The van der Waals surface area contributed by atoms with Gasteiger partial charge in [0.05, 0.1) is 5.92 Å². The minimum atomic E-state index is -0.257. The molecule has 2 aliphatic heterocycles. The van der Waals surface area contributed by atoms with Gasteiger partial charge in [-0.05, 0) is 48.6 Å². The van der Waals surface area contributed by atoms with Crippen LogP contribution in [0.25, 0.3) is 0 Å². The van der Waals surface area contributed by atoms with E-state index in [0.29, 0.717) is 18.9 Å². The minimum Gasteiger partial charge on any atom is -0.342 e. The summed E-state index contributed by atoms with van der Waals surface area (Å²) in [6, 6.07) is 14.4. The van der Waals surface area contributed by atoms with E-state index in [2.05, 4.69) is 41.9 Å². The fourth-order valence-corrected chi connectivity index (χ4v) is 4.99. The van der Waals surface area contributed by atoms with Crippen molar-refractivity contribution in [1.82, 2.24) is 14.8 Å². The highest BCUT2D eigenvalue weighted by atomic mass is 16.2. The van der Waals surface area contributed by atoms with Crippen molar-refractivity contribution in [2.24, 2.45) is 5.92 Å². The first kappa shape index (κ1) is 23.4. The molecule has 1 unspecified atom stereocenters. The number of aromatic nitrogens is 1. The third kappa shape index (κ3) is 5.61. The van der Waals surface area contributed by atoms with E-state index >= 15 is 0 Å². The first-order valence-corrected chi connectivity index (χ1v) is 12.2. The van der Waals surface area contributed by atoms with E-state index < -0.39 is 0 Å². The second kappa shape index (κ2) is 10.5. The maximum absolute atomic E-state index is 13.3. The van der Waals surface area contributed by atoms with Gasteiger partial charge in [-0.3, -0.25) is 14.6 Å². The highest BCUT2D eigenvalue weighted by Gasteiger charge is 2.38. The molecule has 2 saturated heterocycles. The maximum atomic E-state index is 13.3. The summed E-state index contributed by atoms with van der Waals surface area (Å²) in [4.78, 5) is 36.6. The number of hydrogen-bond donors (Lipinski definition) is 0. The minimum absolute atomic E-state index is 0.0481. The average Bonchev–Trinajstić information content (AvgIpc) is 3.24. The molecule has 2 amide bonds. The Balaban J connectivity index is 1.29. The number of anilines is 1. The van der Waals surface area contributed by atoms with Crippen LogP contribution < -0.4 is 4.90 Å². The van der Waals surface area contributed by atoms with Crippen LogP contribution in [0.15, 0.2) is 48.7 Å². The monoisotopic (exact) mass is 448 g/mol. The fourth-order valence-electron chi connectivity index (χ4n) is 4.99. The summed E-state index contributed by atoms with van der Waals surface area (Å²) in [7, 11) is 1.92. The number of carbonyl (C=O) groups excluding carboxylic acids is 2. The Morgan fingerprint density at radius 3 is 2.64 bits per heavy atom. The molecule has 1 aromatic heterocycles. The third-order valence-electron chi connectivity index (χ3n) is 7.19. The molecule has 6 heteroatoms. The number of carbonyl (C=O) groups is 2. The van der Waals surface area contributed by atoms with Crippen LogP contribution in [-0.2, 0) is 16.0 Å². The molecule has 0 N–H and O–H groups in total. The molecular weight excluding hydrogens is 412 g/mol. The first-order chi connectivity index (χ1) is 15.9. The van der Waals surface area contributed by atoms with E-state index in [1.54, 1.807) is 4.90 Å². The van der Waals surface area contributed by atoms with Crippen molar-refractivity contribution in [3.63, 3.8) is 0 Å². The molecule has 2 aliphatic rings. The zero-order valence-corrected chi connectivity index (χ0v) is 20.1. The molecule has 2 fully saturated rings. The number of piperidine rings is 1. The largest absolute Gasteiger partial charge is 0.342 e. The van der Waals surface area contributed by atoms with Crippen molar-refractivity contribution in [3.05, 3.63) is 59.9 Å². The summed E-state index contributed by atoms with van der Waals surface area (Å²) >= 11 is 0. The van der Waals surface area contributed by atoms with E-state index in [1.165, 1.54) is 5.56 Å². The van der Waals surface area contributed by atoms with Crippen molar-refractivity contribution in [3.8, 4) is 0 Å². The SMILES string of the molecule is CC(C)c1cccc(N2CC(C(=O)N(C)C3CCN(CCc4ccccn4)CC3)CC2=O)c1. The summed E-state index contributed by atoms with van der Waals surface area (Å²) in [5.41, 5.74) is 3.24. The second-order valence-electron chi connectivity index (χ2n) is 9.75. The molecule has 1 atom stereocenters. The molecule has 0 bridgehead atoms. The lowest BCUT2D eigenvalue weighted by molar-refractivity contribution is -0.137. The van der Waals surface area contributed by atoms with Crippen LogP contribution in [0, 0.1) is 5.92 Å². The van der Waals surface area contributed by atoms with E-state index in [1.807, 2.05) is 42.4 Å². The highest BCUT2D eigenvalue weighted by molar-refractivity contribution is 6.00. The molecule has 0 aliphatic carbocycles. The topological polar surface area (TPSA) is 56.8 Å². The van der Waals surface area contributed by atoms with Crippen LogP contribution in [-0.4, -0.2) is 65.9 Å². The second-order valence-corrected chi connectivity index (χ2v) is 9.75. The normalized spacial score (nSPS) is 19.9. The van der Waals surface area contributed by atoms with Crippen LogP contribution in [0.1, 0.15) is 50.3 Å². The maximum Gasteiger partial charge on any atom is 0.228 e. The number of pyridine rings is 1. The van der Waals surface area contributed by atoms with E-state index in [0.717, 1.165) is 50.3 Å². The number of nitrogens with zero attached hydrogens (tertiary/aromatic N) is 4. The van der Waals surface area contributed by atoms with Gasteiger partial charge < -0.3 is 14.7 Å². The number of amides is 2. The fraction of sp³-hybridized carbons (Fsp3) is 0.519. The highest BCUT2D eigenvalue weighted by Crippen LogP contribution is 2.29. The van der Waals surface area contributed by atoms with Crippen molar-refractivity contribution in [2.75, 3.05) is 38.1 Å². The van der Waals surface area contributed by atoms with Gasteiger partial charge in [-0.15, -0.1) is 0 Å². The van der Waals surface area contributed by atoms with Crippen LogP contribution in [0.4, 0.5) is 5.69 Å². The van der Waals surface area contributed by atoms with Gasteiger partial charge in [-0.2, -0.15) is 0 Å². The van der Waals surface area contributed by atoms with E-state index in [-0.39, 0.29) is 23.8 Å². The van der Waals surface area contributed by atoms with Gasteiger partial charge in [0.1, 0.15) is 0 Å². The van der Waals surface area contributed by atoms with Gasteiger partial charge in [0.2, 0.25) is 11.8 Å². The lowest BCUT2D eigenvalue weighted by Crippen LogP contribution is -2.48. The number of likely N-dealkylation sites (tertiary alicyclic amines) is 1. The van der Waals surface area contributed by atoms with Gasteiger partial charge in [-0.25, -0.2) is 0 Å². The van der Waals surface area contributed by atoms with Crippen molar-refractivity contribution >= 4 is 17.5 Å². The number of benzene rings is 1. The van der Waals surface area contributed by atoms with Gasteiger partial charge >= 0.3 is 0 Å². The predicted octanol–water partition coefficient (Wildman–Crippen LogP) is 3.72. The zero-order valence-electron chi connectivity index (χ0n) is 20.1. The van der Waals surface area contributed by atoms with Crippen molar-refractivity contribution < 1.29 is 9.59 Å². The third-order valence-corrected chi connectivity index (χ3v) is 7.19. The molecule has 33 heavy (non-hydrogen) atoms. The summed E-state index contributed by atoms with van der Waals surface area (Å²) in [6.07, 6.45) is 5.06. The van der Waals surface area contributed by atoms with Gasteiger partial charge in [0.15, 0.2) is 0 Å². The Hall–Kier alpha value is -2.73. The summed E-state index contributed by atoms with van der Waals surface area (Å²) in [5.74, 6) is 0.304. The predicted molar refractivity (Wildman–Crippen MR) is 131 cm³/mol. The quantitative estimate of drug-likeness (QED) is 0.648. The molecule has 6 nitrogen and oxygen atoms in total. The molecule has 4 rings (SSSR count). The van der Waals surface area contributed by atoms with Crippen molar-refractivity contribution in [1.29, 1.82) is 0 Å².